The monoisotopic (exact) mass is 355 g/mol. The van der Waals surface area contributed by atoms with E-state index >= 15 is 0 Å². The van der Waals surface area contributed by atoms with Gasteiger partial charge in [0.1, 0.15) is 6.61 Å². The van der Waals surface area contributed by atoms with Crippen LogP contribution in [0.25, 0.3) is 0 Å². The molecule has 0 radical (unpaired) electrons. The maximum absolute atomic E-state index is 5.87. The summed E-state index contributed by atoms with van der Waals surface area (Å²) in [5.74, 6) is 1.59. The Morgan fingerprint density at radius 1 is 1.20 bits per heavy atom. The van der Waals surface area contributed by atoms with Crippen LogP contribution >= 0.6 is 27.3 Å². The minimum atomic E-state index is 0.557. The number of halogens is 1. The van der Waals surface area contributed by atoms with E-state index in [-0.39, 0.29) is 0 Å². The van der Waals surface area contributed by atoms with Crippen molar-refractivity contribution < 1.29 is 9.47 Å². The van der Waals surface area contributed by atoms with E-state index in [0.29, 0.717) is 13.2 Å². The lowest BCUT2D eigenvalue weighted by Gasteiger charge is -2.13. The Kier molecular flexibility index (Phi) is 5.88. The molecule has 1 heterocycles. The average Bonchev–Trinajstić information content (AvgIpc) is 2.84. The van der Waals surface area contributed by atoms with Gasteiger partial charge in [-0.3, -0.25) is 0 Å². The first-order chi connectivity index (χ1) is 9.72. The summed E-state index contributed by atoms with van der Waals surface area (Å²) in [7, 11) is 1.93. The summed E-state index contributed by atoms with van der Waals surface area (Å²) in [6, 6.07) is 8.12. The van der Waals surface area contributed by atoms with Gasteiger partial charge in [-0.2, -0.15) is 0 Å². The van der Waals surface area contributed by atoms with Gasteiger partial charge in [-0.15, -0.1) is 11.3 Å². The van der Waals surface area contributed by atoms with Crippen molar-refractivity contribution in [2.75, 3.05) is 13.7 Å². The Labute approximate surface area is 132 Å². The third-order valence-corrected chi connectivity index (χ3v) is 4.35. The van der Waals surface area contributed by atoms with Crippen LogP contribution in [0.15, 0.2) is 34.1 Å². The van der Waals surface area contributed by atoms with Crippen LogP contribution in [0.4, 0.5) is 0 Å². The fourth-order valence-electron chi connectivity index (χ4n) is 1.83. The van der Waals surface area contributed by atoms with Crippen molar-refractivity contribution in [2.24, 2.45) is 0 Å². The number of rotatable bonds is 7. The quantitative estimate of drug-likeness (QED) is 0.806. The standard InChI is InChI=1S/C15H18BrNO2S/c1-3-18-15-6-11(8-17-2)4-5-14(15)19-9-13-7-12(16)10-20-13/h4-7,10,17H,3,8-9H2,1-2H3. The highest BCUT2D eigenvalue weighted by Gasteiger charge is 2.07. The predicted octanol–water partition coefficient (Wildman–Crippen LogP) is 4.21. The van der Waals surface area contributed by atoms with E-state index in [1.807, 2.05) is 26.1 Å². The number of hydrogen-bond donors (Lipinski definition) is 1. The predicted molar refractivity (Wildman–Crippen MR) is 86.7 cm³/mol. The molecule has 2 aromatic rings. The summed E-state index contributed by atoms with van der Waals surface area (Å²) >= 11 is 5.12. The molecule has 0 bridgehead atoms. The molecule has 0 spiro atoms. The third kappa shape index (κ3) is 4.23. The molecule has 0 saturated carbocycles. The second-order valence-electron chi connectivity index (χ2n) is 4.26. The van der Waals surface area contributed by atoms with E-state index in [9.17, 15) is 0 Å². The zero-order valence-electron chi connectivity index (χ0n) is 11.6. The van der Waals surface area contributed by atoms with Gasteiger partial charge in [0.15, 0.2) is 11.5 Å². The lowest BCUT2D eigenvalue weighted by Crippen LogP contribution is -2.06. The number of ether oxygens (including phenoxy) is 2. The zero-order chi connectivity index (χ0) is 14.4. The van der Waals surface area contributed by atoms with E-state index in [0.717, 1.165) is 22.5 Å². The molecule has 3 nitrogen and oxygen atoms in total. The van der Waals surface area contributed by atoms with Crippen molar-refractivity contribution in [2.45, 2.75) is 20.1 Å². The second kappa shape index (κ2) is 7.67. The van der Waals surface area contributed by atoms with Crippen molar-refractivity contribution in [1.82, 2.24) is 5.32 Å². The van der Waals surface area contributed by atoms with Crippen LogP contribution in [0.1, 0.15) is 17.4 Å². The molecular formula is C15H18BrNO2S. The molecule has 108 valence electrons. The van der Waals surface area contributed by atoms with Gasteiger partial charge in [0.05, 0.1) is 6.61 Å². The van der Waals surface area contributed by atoms with E-state index in [1.54, 1.807) is 11.3 Å². The fraction of sp³-hybridized carbons (Fsp3) is 0.333. The van der Waals surface area contributed by atoms with Crippen LogP contribution in [-0.4, -0.2) is 13.7 Å². The minimum Gasteiger partial charge on any atom is -0.490 e. The highest BCUT2D eigenvalue weighted by Crippen LogP contribution is 2.30. The summed E-state index contributed by atoms with van der Waals surface area (Å²) in [6.45, 7) is 3.98. The number of nitrogens with one attached hydrogen (secondary N) is 1. The van der Waals surface area contributed by atoms with E-state index < -0.39 is 0 Å². The Morgan fingerprint density at radius 2 is 2.05 bits per heavy atom. The van der Waals surface area contributed by atoms with Crippen LogP contribution in [0.5, 0.6) is 11.5 Å². The fourth-order valence-corrected chi connectivity index (χ4v) is 3.19. The number of benzene rings is 1. The minimum absolute atomic E-state index is 0.557. The normalized spacial score (nSPS) is 10.6. The van der Waals surface area contributed by atoms with Crippen molar-refractivity contribution in [3.8, 4) is 11.5 Å². The molecular weight excluding hydrogens is 338 g/mol. The maximum atomic E-state index is 5.87. The van der Waals surface area contributed by atoms with Crippen molar-refractivity contribution >= 4 is 27.3 Å². The summed E-state index contributed by atoms with van der Waals surface area (Å²) in [6.07, 6.45) is 0. The molecule has 0 unspecified atom stereocenters. The number of hydrogen-bond acceptors (Lipinski definition) is 4. The van der Waals surface area contributed by atoms with Gasteiger partial charge in [0.25, 0.3) is 0 Å². The largest absolute Gasteiger partial charge is 0.490 e. The van der Waals surface area contributed by atoms with Crippen LogP contribution < -0.4 is 14.8 Å². The molecule has 20 heavy (non-hydrogen) atoms. The van der Waals surface area contributed by atoms with Crippen LogP contribution in [0.3, 0.4) is 0 Å². The van der Waals surface area contributed by atoms with Gasteiger partial charge in [0, 0.05) is 21.3 Å². The van der Waals surface area contributed by atoms with E-state index in [1.165, 1.54) is 10.4 Å². The molecule has 0 aliphatic carbocycles. The highest BCUT2D eigenvalue weighted by atomic mass is 79.9. The molecule has 1 aromatic carbocycles. The van der Waals surface area contributed by atoms with Gasteiger partial charge in [-0.1, -0.05) is 6.07 Å². The first-order valence-corrected chi connectivity index (χ1v) is 8.16. The molecule has 0 saturated heterocycles. The zero-order valence-corrected chi connectivity index (χ0v) is 14.0. The van der Waals surface area contributed by atoms with Crippen LogP contribution in [-0.2, 0) is 13.2 Å². The average molecular weight is 356 g/mol. The summed E-state index contributed by atoms with van der Waals surface area (Å²) in [4.78, 5) is 1.18. The van der Waals surface area contributed by atoms with Gasteiger partial charge in [-0.25, -0.2) is 0 Å². The van der Waals surface area contributed by atoms with Gasteiger partial charge < -0.3 is 14.8 Å². The SMILES string of the molecule is CCOc1cc(CNC)ccc1OCc1cc(Br)cs1. The number of thiophene rings is 1. The van der Waals surface area contributed by atoms with Crippen molar-refractivity contribution in [3.05, 3.63) is 44.6 Å². The first-order valence-electron chi connectivity index (χ1n) is 6.49. The van der Waals surface area contributed by atoms with E-state index in [4.69, 9.17) is 9.47 Å². The van der Waals surface area contributed by atoms with Gasteiger partial charge in [0.2, 0.25) is 0 Å². The molecule has 0 aliphatic heterocycles. The lowest BCUT2D eigenvalue weighted by atomic mass is 10.2. The topological polar surface area (TPSA) is 30.5 Å². The Morgan fingerprint density at radius 3 is 2.70 bits per heavy atom. The van der Waals surface area contributed by atoms with Crippen LogP contribution in [0.2, 0.25) is 0 Å². The van der Waals surface area contributed by atoms with Gasteiger partial charge >= 0.3 is 0 Å². The summed E-state index contributed by atoms with van der Waals surface area (Å²) < 4.78 is 12.6. The molecule has 0 fully saturated rings. The Bertz CT molecular complexity index is 557. The van der Waals surface area contributed by atoms with Crippen molar-refractivity contribution in [3.63, 3.8) is 0 Å². The highest BCUT2D eigenvalue weighted by molar-refractivity contribution is 9.10. The first kappa shape index (κ1) is 15.4. The second-order valence-corrected chi connectivity index (χ2v) is 6.18. The summed E-state index contributed by atoms with van der Waals surface area (Å²) in [5.41, 5.74) is 1.18. The molecule has 0 amide bonds. The van der Waals surface area contributed by atoms with Gasteiger partial charge in [-0.05, 0) is 53.7 Å². The molecule has 2 rings (SSSR count). The molecule has 1 N–H and O–H groups in total. The van der Waals surface area contributed by atoms with Crippen molar-refractivity contribution in [1.29, 1.82) is 0 Å². The Balaban J connectivity index is 2.09. The molecule has 0 aliphatic rings. The Hall–Kier alpha value is -1.04. The molecule has 5 heteroatoms. The molecule has 1 aromatic heterocycles. The summed E-state index contributed by atoms with van der Waals surface area (Å²) in [5, 5.41) is 5.19. The maximum Gasteiger partial charge on any atom is 0.161 e. The molecule has 0 atom stereocenters. The third-order valence-electron chi connectivity index (χ3n) is 2.68. The lowest BCUT2D eigenvalue weighted by molar-refractivity contribution is 0.271. The smallest absolute Gasteiger partial charge is 0.161 e. The van der Waals surface area contributed by atoms with Crippen LogP contribution in [0, 0.1) is 0 Å². The van der Waals surface area contributed by atoms with E-state index in [2.05, 4.69) is 38.8 Å².